The Bertz CT molecular complexity index is 1380. The molecule has 0 radical (unpaired) electrons. The van der Waals surface area contributed by atoms with Gasteiger partial charge >= 0.3 is 6.18 Å². The van der Waals surface area contributed by atoms with Crippen molar-refractivity contribution in [2.45, 2.75) is 19.1 Å². The summed E-state index contributed by atoms with van der Waals surface area (Å²) in [6.45, 7) is 1.07. The molecule has 12 heteroatoms. The van der Waals surface area contributed by atoms with Gasteiger partial charge in [-0.25, -0.2) is 9.97 Å². The number of primary amides is 1. The van der Waals surface area contributed by atoms with Crippen LogP contribution in [0.2, 0.25) is 0 Å². The molecule has 0 fully saturated rings. The summed E-state index contributed by atoms with van der Waals surface area (Å²) in [5, 5.41) is 7.72. The van der Waals surface area contributed by atoms with E-state index in [1.54, 1.807) is 18.3 Å². The third-order valence-corrected chi connectivity index (χ3v) is 5.21. The van der Waals surface area contributed by atoms with Crippen molar-refractivity contribution in [3.63, 3.8) is 0 Å². The molecule has 1 atom stereocenters. The summed E-state index contributed by atoms with van der Waals surface area (Å²) < 4.78 is 43.2. The van der Waals surface area contributed by atoms with Gasteiger partial charge in [0.15, 0.2) is 5.69 Å². The lowest BCUT2D eigenvalue weighted by molar-refractivity contribution is -0.153. The third-order valence-electron chi connectivity index (χ3n) is 5.21. The number of nitrogens with two attached hydrogens (primary N) is 3. The van der Waals surface area contributed by atoms with Crippen molar-refractivity contribution in [2.75, 3.05) is 12.3 Å². The zero-order chi connectivity index (χ0) is 24.6. The van der Waals surface area contributed by atoms with Crippen LogP contribution in [0.15, 0.2) is 42.6 Å². The second-order valence-electron chi connectivity index (χ2n) is 7.59. The zero-order valence-electron chi connectivity index (χ0n) is 17.8. The van der Waals surface area contributed by atoms with Gasteiger partial charge in [-0.05, 0) is 36.2 Å². The number of aromatic amines is 1. The number of benzene rings is 1. The van der Waals surface area contributed by atoms with E-state index in [4.69, 9.17) is 21.9 Å². The highest BCUT2D eigenvalue weighted by Gasteiger charge is 2.37. The summed E-state index contributed by atoms with van der Waals surface area (Å²) in [7, 11) is 0. The first kappa shape index (κ1) is 23.0. The normalized spacial score (nSPS) is 12.6. The minimum Gasteiger partial charge on any atom is -0.476 e. The lowest BCUT2D eigenvalue weighted by Crippen LogP contribution is -2.42. The maximum Gasteiger partial charge on any atom is 0.406 e. The van der Waals surface area contributed by atoms with E-state index >= 15 is 0 Å². The maximum atomic E-state index is 12.7. The molecule has 0 bridgehead atoms. The van der Waals surface area contributed by atoms with Crippen LogP contribution in [0.3, 0.4) is 0 Å². The van der Waals surface area contributed by atoms with Crippen molar-refractivity contribution in [3.8, 4) is 28.4 Å². The maximum absolute atomic E-state index is 12.7. The average Bonchev–Trinajstić information content (AvgIpc) is 3.26. The number of carbonyl (C=O) groups excluding carboxylic acids is 1. The number of anilines is 1. The van der Waals surface area contributed by atoms with Gasteiger partial charge in [0.05, 0.1) is 28.8 Å². The number of ether oxygens (including phenoxy) is 1. The summed E-state index contributed by atoms with van der Waals surface area (Å²) in [6.07, 6.45) is -2.97. The smallest absolute Gasteiger partial charge is 0.406 e. The SMILES string of the molecule is Cc1ccc2[nH]ncc2c1-c1cc(-c2cccc(OCC(N)C(F)(F)F)n2)nc(C(N)=O)c1N. The van der Waals surface area contributed by atoms with Crippen molar-refractivity contribution < 1.29 is 22.7 Å². The van der Waals surface area contributed by atoms with Gasteiger partial charge in [0.1, 0.15) is 12.6 Å². The second kappa shape index (κ2) is 8.63. The van der Waals surface area contributed by atoms with Crippen LogP contribution < -0.4 is 21.9 Å². The first-order chi connectivity index (χ1) is 16.1. The molecule has 3 heterocycles. The Morgan fingerprint density at radius 1 is 1.18 bits per heavy atom. The number of carbonyl (C=O) groups is 1. The number of alkyl halides is 3. The molecule has 34 heavy (non-hydrogen) atoms. The Morgan fingerprint density at radius 3 is 2.65 bits per heavy atom. The van der Waals surface area contributed by atoms with Crippen LogP contribution in [0.4, 0.5) is 18.9 Å². The van der Waals surface area contributed by atoms with Crippen LogP contribution in [-0.2, 0) is 0 Å². The van der Waals surface area contributed by atoms with Gasteiger partial charge < -0.3 is 21.9 Å². The van der Waals surface area contributed by atoms with E-state index in [0.717, 1.165) is 22.0 Å². The molecular weight excluding hydrogens is 451 g/mol. The molecule has 0 aliphatic carbocycles. The Kier molecular flexibility index (Phi) is 5.83. The number of fused-ring (bicyclic) bond motifs is 1. The van der Waals surface area contributed by atoms with Crippen molar-refractivity contribution in [1.82, 2.24) is 20.2 Å². The van der Waals surface area contributed by atoms with Gasteiger partial charge in [-0.15, -0.1) is 0 Å². The minimum absolute atomic E-state index is 0.0802. The highest BCUT2D eigenvalue weighted by molar-refractivity contribution is 6.05. The van der Waals surface area contributed by atoms with E-state index in [-0.39, 0.29) is 28.6 Å². The number of nitrogen functional groups attached to an aromatic ring is 1. The quantitative estimate of drug-likeness (QED) is 0.336. The summed E-state index contributed by atoms with van der Waals surface area (Å²) in [5.74, 6) is -0.938. The minimum atomic E-state index is -4.60. The number of amides is 1. The van der Waals surface area contributed by atoms with E-state index in [2.05, 4.69) is 20.2 Å². The molecular formula is C22H20F3N7O2. The topological polar surface area (TPSA) is 159 Å². The van der Waals surface area contributed by atoms with E-state index < -0.39 is 24.7 Å². The van der Waals surface area contributed by atoms with Crippen LogP contribution in [0, 0.1) is 6.92 Å². The van der Waals surface area contributed by atoms with Gasteiger partial charge in [0.25, 0.3) is 5.91 Å². The molecule has 3 aromatic heterocycles. The van der Waals surface area contributed by atoms with Crippen molar-refractivity contribution in [3.05, 3.63) is 53.9 Å². The predicted octanol–water partition coefficient (Wildman–Crippen LogP) is 2.94. The number of nitrogens with one attached hydrogen (secondary N) is 1. The molecule has 9 nitrogen and oxygen atoms in total. The molecule has 0 aliphatic heterocycles. The Labute approximate surface area is 191 Å². The molecule has 0 spiro atoms. The highest BCUT2D eigenvalue weighted by atomic mass is 19.4. The predicted molar refractivity (Wildman–Crippen MR) is 120 cm³/mol. The molecule has 1 unspecified atom stereocenters. The van der Waals surface area contributed by atoms with Crippen molar-refractivity contribution >= 4 is 22.5 Å². The summed E-state index contributed by atoms with van der Waals surface area (Å²) >= 11 is 0. The number of hydrogen-bond acceptors (Lipinski definition) is 7. The van der Waals surface area contributed by atoms with E-state index in [9.17, 15) is 18.0 Å². The van der Waals surface area contributed by atoms with Crippen LogP contribution in [0.25, 0.3) is 33.4 Å². The summed E-state index contributed by atoms with van der Waals surface area (Å²) in [4.78, 5) is 20.6. The molecule has 4 rings (SSSR count). The van der Waals surface area contributed by atoms with Crippen LogP contribution in [0.5, 0.6) is 5.88 Å². The number of pyridine rings is 2. The number of nitrogens with zero attached hydrogens (tertiary/aromatic N) is 3. The monoisotopic (exact) mass is 471 g/mol. The highest BCUT2D eigenvalue weighted by Crippen LogP contribution is 2.37. The molecule has 0 saturated heterocycles. The van der Waals surface area contributed by atoms with E-state index in [1.807, 2.05) is 19.1 Å². The van der Waals surface area contributed by atoms with Crippen LogP contribution in [0.1, 0.15) is 16.1 Å². The van der Waals surface area contributed by atoms with E-state index in [0.29, 0.717) is 5.56 Å². The summed E-state index contributed by atoms with van der Waals surface area (Å²) in [5.41, 5.74) is 20.1. The fourth-order valence-corrected chi connectivity index (χ4v) is 3.47. The average molecular weight is 471 g/mol. The lowest BCUT2D eigenvalue weighted by Gasteiger charge is -2.16. The van der Waals surface area contributed by atoms with Gasteiger partial charge in [-0.1, -0.05) is 12.1 Å². The standard InChI is InChI=1S/C22H20F3N7O2/c1-10-5-6-13-12(8-29-32-13)18(10)11-7-15(31-20(19(11)27)21(28)33)14-3-2-4-17(30-14)34-9-16(26)22(23,24)25/h2-8,16H,9,26-27H2,1H3,(H2,28,33)(H,29,32). The number of halogens is 3. The molecule has 1 amide bonds. The second-order valence-corrected chi connectivity index (χ2v) is 7.59. The molecule has 0 saturated carbocycles. The molecule has 4 aromatic rings. The van der Waals surface area contributed by atoms with Gasteiger partial charge in [0.2, 0.25) is 5.88 Å². The number of H-pyrrole nitrogens is 1. The van der Waals surface area contributed by atoms with Gasteiger partial charge in [-0.2, -0.15) is 18.3 Å². The fraction of sp³-hybridized carbons (Fsp3) is 0.182. The molecule has 176 valence electrons. The van der Waals surface area contributed by atoms with Crippen LogP contribution >= 0.6 is 0 Å². The van der Waals surface area contributed by atoms with Crippen molar-refractivity contribution in [2.24, 2.45) is 11.5 Å². The number of aryl methyl sites for hydroxylation is 1. The Hall–Kier alpha value is -4.19. The Balaban J connectivity index is 1.81. The third kappa shape index (κ3) is 4.35. The van der Waals surface area contributed by atoms with Crippen molar-refractivity contribution in [1.29, 1.82) is 0 Å². The number of hydrogen-bond donors (Lipinski definition) is 4. The molecule has 1 aromatic carbocycles. The largest absolute Gasteiger partial charge is 0.476 e. The van der Waals surface area contributed by atoms with E-state index in [1.165, 1.54) is 12.1 Å². The summed E-state index contributed by atoms with van der Waals surface area (Å²) in [6, 6.07) is 7.67. The fourth-order valence-electron chi connectivity index (χ4n) is 3.47. The van der Waals surface area contributed by atoms with Crippen LogP contribution in [-0.4, -0.2) is 44.9 Å². The lowest BCUT2D eigenvalue weighted by atomic mass is 9.94. The first-order valence-corrected chi connectivity index (χ1v) is 10.0. The molecule has 7 N–H and O–H groups in total. The van der Waals surface area contributed by atoms with Gasteiger partial charge in [-0.3, -0.25) is 9.89 Å². The Morgan fingerprint density at radius 2 is 1.94 bits per heavy atom. The first-order valence-electron chi connectivity index (χ1n) is 10.0. The number of aromatic nitrogens is 4. The number of rotatable bonds is 6. The van der Waals surface area contributed by atoms with Gasteiger partial charge in [0, 0.05) is 17.0 Å². The molecule has 0 aliphatic rings. The zero-order valence-corrected chi connectivity index (χ0v) is 17.8.